The molecule has 1 heteroatoms. The molecule has 1 atom stereocenters. The molecule has 0 aliphatic rings. The fourth-order valence-corrected chi connectivity index (χ4v) is 1.22. The molecular weight excluding hydrogens is 160 g/mol. The summed E-state index contributed by atoms with van der Waals surface area (Å²) in [4.78, 5) is 0. The summed E-state index contributed by atoms with van der Waals surface area (Å²) in [6.45, 7) is 2.06. The summed E-state index contributed by atoms with van der Waals surface area (Å²) in [5.41, 5.74) is 1.18. The first-order valence-corrected chi connectivity index (χ1v) is 4.71. The van der Waals surface area contributed by atoms with Crippen LogP contribution in [0.4, 0.5) is 0 Å². The van der Waals surface area contributed by atoms with Gasteiger partial charge in [0.25, 0.3) is 0 Å². The van der Waals surface area contributed by atoms with Crippen molar-refractivity contribution in [1.29, 1.82) is 0 Å². The van der Waals surface area contributed by atoms with Gasteiger partial charge < -0.3 is 5.11 Å². The molecule has 70 valence electrons. The van der Waals surface area contributed by atoms with E-state index >= 15 is 0 Å². The summed E-state index contributed by atoms with van der Waals surface area (Å²) in [5, 5.41) is 9.55. The summed E-state index contributed by atoms with van der Waals surface area (Å²) >= 11 is 0. The third-order valence-corrected chi connectivity index (χ3v) is 1.88. The Hall–Kier alpha value is -1.08. The molecule has 0 saturated heterocycles. The minimum absolute atomic E-state index is 0.345. The molecule has 13 heavy (non-hydrogen) atoms. The van der Waals surface area contributed by atoms with Crippen LogP contribution in [0.25, 0.3) is 0 Å². The smallest absolute Gasteiger partial charge is 0.0761 e. The molecule has 0 amide bonds. The van der Waals surface area contributed by atoms with Crippen molar-refractivity contribution in [3.63, 3.8) is 0 Å². The third-order valence-electron chi connectivity index (χ3n) is 1.88. The molecular formula is C12H16O. The highest BCUT2D eigenvalue weighted by Crippen LogP contribution is 2.03. The van der Waals surface area contributed by atoms with Crippen molar-refractivity contribution in [2.75, 3.05) is 0 Å². The molecule has 0 radical (unpaired) electrons. The van der Waals surface area contributed by atoms with Crippen molar-refractivity contribution in [3.8, 4) is 0 Å². The van der Waals surface area contributed by atoms with E-state index in [1.165, 1.54) is 5.56 Å². The van der Waals surface area contributed by atoms with E-state index in [0.717, 1.165) is 6.42 Å². The van der Waals surface area contributed by atoms with Crippen LogP contribution >= 0.6 is 0 Å². The zero-order valence-electron chi connectivity index (χ0n) is 7.98. The van der Waals surface area contributed by atoms with E-state index in [1.807, 2.05) is 42.5 Å². The van der Waals surface area contributed by atoms with Crippen molar-refractivity contribution < 1.29 is 5.11 Å². The number of aliphatic hydroxyl groups is 1. The Morgan fingerprint density at radius 1 is 1.31 bits per heavy atom. The summed E-state index contributed by atoms with van der Waals surface area (Å²) < 4.78 is 0. The maximum Gasteiger partial charge on any atom is 0.0761 e. The van der Waals surface area contributed by atoms with Crippen molar-refractivity contribution in [2.45, 2.75) is 25.9 Å². The maximum absolute atomic E-state index is 9.55. The first-order valence-electron chi connectivity index (χ1n) is 4.71. The van der Waals surface area contributed by atoms with Crippen molar-refractivity contribution in [1.82, 2.24) is 0 Å². The van der Waals surface area contributed by atoms with E-state index in [2.05, 4.69) is 6.92 Å². The zero-order chi connectivity index (χ0) is 9.52. The molecule has 0 spiro atoms. The second-order valence-corrected chi connectivity index (χ2v) is 3.09. The van der Waals surface area contributed by atoms with Crippen LogP contribution in [0.1, 0.15) is 18.9 Å². The van der Waals surface area contributed by atoms with Crippen LogP contribution in [-0.4, -0.2) is 11.2 Å². The highest BCUT2D eigenvalue weighted by molar-refractivity contribution is 5.16. The topological polar surface area (TPSA) is 20.2 Å². The summed E-state index contributed by atoms with van der Waals surface area (Å²) in [5.74, 6) is 0. The fourth-order valence-electron chi connectivity index (χ4n) is 1.22. The molecule has 1 rings (SSSR count). The van der Waals surface area contributed by atoms with Crippen LogP contribution in [0, 0.1) is 0 Å². The Kier molecular flexibility index (Phi) is 4.27. The number of hydrogen-bond donors (Lipinski definition) is 1. The van der Waals surface area contributed by atoms with Gasteiger partial charge in [0.05, 0.1) is 6.10 Å². The quantitative estimate of drug-likeness (QED) is 0.699. The van der Waals surface area contributed by atoms with Gasteiger partial charge in [0, 0.05) is 6.42 Å². The average Bonchev–Trinajstić information content (AvgIpc) is 2.16. The zero-order valence-corrected chi connectivity index (χ0v) is 7.98. The molecule has 0 aromatic heterocycles. The summed E-state index contributed by atoms with van der Waals surface area (Å²) in [7, 11) is 0. The highest BCUT2D eigenvalue weighted by atomic mass is 16.3. The molecule has 1 unspecified atom stereocenters. The van der Waals surface area contributed by atoms with Gasteiger partial charge in [0.15, 0.2) is 0 Å². The van der Waals surface area contributed by atoms with Crippen LogP contribution in [0.2, 0.25) is 0 Å². The van der Waals surface area contributed by atoms with Gasteiger partial charge in [-0.25, -0.2) is 0 Å². The molecule has 0 fully saturated rings. The van der Waals surface area contributed by atoms with Gasteiger partial charge in [-0.3, -0.25) is 0 Å². The molecule has 0 bridgehead atoms. The number of rotatable bonds is 4. The van der Waals surface area contributed by atoms with Crippen molar-refractivity contribution in [3.05, 3.63) is 48.0 Å². The lowest BCUT2D eigenvalue weighted by Crippen LogP contribution is -2.05. The van der Waals surface area contributed by atoms with E-state index in [9.17, 15) is 5.11 Å². The van der Waals surface area contributed by atoms with Gasteiger partial charge in [-0.15, -0.1) is 0 Å². The van der Waals surface area contributed by atoms with Gasteiger partial charge >= 0.3 is 0 Å². The van der Waals surface area contributed by atoms with Gasteiger partial charge in [-0.05, 0) is 12.0 Å². The van der Waals surface area contributed by atoms with E-state index in [0.29, 0.717) is 6.42 Å². The van der Waals surface area contributed by atoms with Crippen LogP contribution in [0.3, 0.4) is 0 Å². The minimum atomic E-state index is -0.345. The van der Waals surface area contributed by atoms with Gasteiger partial charge in [0.1, 0.15) is 0 Å². The monoisotopic (exact) mass is 176 g/mol. The lowest BCUT2D eigenvalue weighted by Gasteiger charge is -2.04. The van der Waals surface area contributed by atoms with Crippen molar-refractivity contribution in [2.24, 2.45) is 0 Å². The molecule has 0 aliphatic heterocycles. The van der Waals surface area contributed by atoms with Crippen molar-refractivity contribution >= 4 is 0 Å². The Labute approximate surface area is 79.7 Å². The highest BCUT2D eigenvalue weighted by Gasteiger charge is 1.99. The molecule has 0 saturated carbocycles. The molecule has 1 aromatic rings. The minimum Gasteiger partial charge on any atom is -0.389 e. The van der Waals surface area contributed by atoms with E-state index in [1.54, 1.807) is 0 Å². The van der Waals surface area contributed by atoms with Crippen LogP contribution in [-0.2, 0) is 6.42 Å². The maximum atomic E-state index is 9.55. The molecule has 1 nitrogen and oxygen atoms in total. The Bertz CT molecular complexity index is 251. The van der Waals surface area contributed by atoms with E-state index < -0.39 is 0 Å². The van der Waals surface area contributed by atoms with Gasteiger partial charge in [-0.1, -0.05) is 49.4 Å². The first kappa shape index (κ1) is 10.0. The van der Waals surface area contributed by atoms with Crippen LogP contribution in [0.5, 0.6) is 0 Å². The second kappa shape index (κ2) is 5.55. The SMILES string of the molecule is CC/C=C/C(O)Cc1ccccc1. The van der Waals surface area contributed by atoms with Gasteiger partial charge in [-0.2, -0.15) is 0 Å². The average molecular weight is 176 g/mol. The standard InChI is InChI=1S/C12H16O/c1-2-3-9-12(13)10-11-7-5-4-6-8-11/h3-9,12-13H,2,10H2,1H3/b9-3+. The lowest BCUT2D eigenvalue weighted by molar-refractivity contribution is 0.223. The molecule has 1 N–H and O–H groups in total. The summed E-state index contributed by atoms with van der Waals surface area (Å²) in [6.07, 6.45) is 5.19. The molecule has 0 heterocycles. The number of hydrogen-bond acceptors (Lipinski definition) is 1. The largest absolute Gasteiger partial charge is 0.389 e. The third kappa shape index (κ3) is 3.90. The van der Waals surface area contributed by atoms with Gasteiger partial charge in [0.2, 0.25) is 0 Å². The number of aliphatic hydroxyl groups excluding tert-OH is 1. The normalized spacial score (nSPS) is 13.4. The number of benzene rings is 1. The van der Waals surface area contributed by atoms with Crippen LogP contribution < -0.4 is 0 Å². The Morgan fingerprint density at radius 2 is 2.00 bits per heavy atom. The van der Waals surface area contributed by atoms with E-state index in [4.69, 9.17) is 0 Å². The second-order valence-electron chi connectivity index (χ2n) is 3.09. The Morgan fingerprint density at radius 3 is 2.62 bits per heavy atom. The van der Waals surface area contributed by atoms with Crippen LogP contribution in [0.15, 0.2) is 42.5 Å². The Balaban J connectivity index is 2.45. The van der Waals surface area contributed by atoms with E-state index in [-0.39, 0.29) is 6.10 Å². The number of allylic oxidation sites excluding steroid dienone is 1. The molecule has 0 aliphatic carbocycles. The predicted octanol–water partition coefficient (Wildman–Crippen LogP) is 2.56. The predicted molar refractivity (Wildman–Crippen MR) is 55.6 cm³/mol. The fraction of sp³-hybridized carbons (Fsp3) is 0.333. The lowest BCUT2D eigenvalue weighted by atomic mass is 10.1. The summed E-state index contributed by atoms with van der Waals surface area (Å²) in [6, 6.07) is 10.0. The molecule has 1 aromatic carbocycles. The first-order chi connectivity index (χ1) is 6.33.